The van der Waals surface area contributed by atoms with Crippen LogP contribution in [0.25, 0.3) is 21.5 Å². The number of pyridine rings is 2. The molecule has 2 aliphatic heterocycles. The van der Waals surface area contributed by atoms with E-state index in [-0.39, 0.29) is 70.1 Å². The summed E-state index contributed by atoms with van der Waals surface area (Å²) in [5, 5.41) is 0.683. The van der Waals surface area contributed by atoms with Gasteiger partial charge < -0.3 is 9.80 Å². The number of hydrogen-bond donors (Lipinski definition) is 0. The third-order valence-corrected chi connectivity index (χ3v) is 9.87. The van der Waals surface area contributed by atoms with E-state index in [2.05, 4.69) is 14.9 Å². The second-order valence-electron chi connectivity index (χ2n) is 12.0. The van der Waals surface area contributed by atoms with E-state index in [4.69, 9.17) is 0 Å². The molecule has 3 fully saturated rings. The number of carbonyl (C=O) groups excluding carboxylic acids is 3. The molecule has 3 amide bonds. The first-order valence-electron chi connectivity index (χ1n) is 13.5. The highest BCUT2D eigenvalue weighted by atomic mass is 32.1. The Morgan fingerprint density at radius 3 is 2.44 bits per heavy atom. The van der Waals surface area contributed by atoms with E-state index in [1.807, 2.05) is 33.9 Å². The number of nitrogens with zero attached hydrogens (tertiary/aromatic N) is 5. The van der Waals surface area contributed by atoms with Crippen molar-refractivity contribution in [1.82, 2.24) is 24.7 Å². The molecule has 216 valence electrons. The minimum atomic E-state index is -4.72. The van der Waals surface area contributed by atoms with Gasteiger partial charge in [0, 0.05) is 36.8 Å². The first-order valence-corrected chi connectivity index (χ1v) is 14.3. The summed E-state index contributed by atoms with van der Waals surface area (Å²) in [4.78, 5) is 53.9. The second kappa shape index (κ2) is 9.32. The molecule has 2 saturated heterocycles. The molecule has 3 aliphatic rings. The lowest BCUT2D eigenvalue weighted by Crippen LogP contribution is -2.53. The fourth-order valence-corrected chi connectivity index (χ4v) is 7.56. The number of piperidine rings is 1. The third kappa shape index (κ3) is 4.42. The standard InChI is InChI=1S/C29H30F3N5O3S/c1-14-10-18(29(30,31)32)34-22(19(14)25(38)36-9-8-35(5)12-15(36)2)23-24-16(6-7-33-23)11-17(41-24)13-37-26(39)20-21(27(37)40)28(20,3)4/h6-7,10-11,15,20-21H,8-9,12-13H2,1-5H3/t15-,20?,21?/m0/s1. The number of amides is 3. The van der Waals surface area contributed by atoms with Gasteiger partial charge in [0.15, 0.2) is 0 Å². The molecule has 1 saturated carbocycles. The second-order valence-corrected chi connectivity index (χ2v) is 13.1. The van der Waals surface area contributed by atoms with Crippen LogP contribution in [0.1, 0.15) is 47.3 Å². The predicted octanol–water partition coefficient (Wildman–Crippen LogP) is 4.60. The van der Waals surface area contributed by atoms with Crippen LogP contribution in [-0.2, 0) is 22.3 Å². The molecule has 6 rings (SSSR count). The van der Waals surface area contributed by atoms with Crippen LogP contribution in [0.15, 0.2) is 24.4 Å². The van der Waals surface area contributed by atoms with Crippen molar-refractivity contribution in [1.29, 1.82) is 0 Å². The van der Waals surface area contributed by atoms with Gasteiger partial charge in [-0.25, -0.2) is 4.98 Å². The first kappa shape index (κ1) is 27.8. The molecule has 3 aromatic rings. The van der Waals surface area contributed by atoms with Crippen LogP contribution in [0.3, 0.4) is 0 Å². The molecule has 12 heteroatoms. The summed E-state index contributed by atoms with van der Waals surface area (Å²) in [6.07, 6.45) is -3.25. The van der Waals surface area contributed by atoms with Gasteiger partial charge in [-0.05, 0) is 55.5 Å². The Kier molecular flexibility index (Phi) is 6.31. The molecule has 1 aliphatic carbocycles. The Morgan fingerprint density at radius 1 is 1.12 bits per heavy atom. The number of halogens is 3. The Balaban J connectivity index is 1.43. The molecule has 0 spiro atoms. The summed E-state index contributed by atoms with van der Waals surface area (Å²) in [6, 6.07) is 4.30. The van der Waals surface area contributed by atoms with Crippen LogP contribution in [0.4, 0.5) is 13.2 Å². The lowest BCUT2D eigenvalue weighted by molar-refractivity contribution is -0.144. The summed E-state index contributed by atoms with van der Waals surface area (Å²) in [5.74, 6) is -1.37. The van der Waals surface area contributed by atoms with Crippen molar-refractivity contribution in [3.63, 3.8) is 0 Å². The Morgan fingerprint density at radius 2 is 1.80 bits per heavy atom. The number of piperazine rings is 1. The highest BCUT2D eigenvalue weighted by Gasteiger charge is 2.72. The molecule has 3 atom stereocenters. The maximum Gasteiger partial charge on any atom is 0.433 e. The van der Waals surface area contributed by atoms with Gasteiger partial charge in [-0.1, -0.05) is 13.8 Å². The Hall–Kier alpha value is -3.38. The zero-order valence-corrected chi connectivity index (χ0v) is 24.2. The van der Waals surface area contributed by atoms with Gasteiger partial charge in [-0.15, -0.1) is 11.3 Å². The van der Waals surface area contributed by atoms with Crippen molar-refractivity contribution >= 4 is 39.1 Å². The molecule has 3 aromatic heterocycles. The average Bonchev–Trinajstić information content (AvgIpc) is 3.13. The number of alkyl halides is 3. The van der Waals surface area contributed by atoms with Crippen molar-refractivity contribution in [3.05, 3.63) is 46.1 Å². The van der Waals surface area contributed by atoms with E-state index in [1.165, 1.54) is 29.4 Å². The van der Waals surface area contributed by atoms with Crippen LogP contribution in [0, 0.1) is 24.2 Å². The largest absolute Gasteiger partial charge is 0.433 e. The molecule has 0 bridgehead atoms. The van der Waals surface area contributed by atoms with E-state index in [0.29, 0.717) is 34.6 Å². The van der Waals surface area contributed by atoms with Gasteiger partial charge in [0.1, 0.15) is 17.1 Å². The van der Waals surface area contributed by atoms with Crippen LogP contribution < -0.4 is 0 Å². The smallest absolute Gasteiger partial charge is 0.333 e. The van der Waals surface area contributed by atoms with Gasteiger partial charge in [0.05, 0.1) is 28.6 Å². The molecule has 0 radical (unpaired) electrons. The van der Waals surface area contributed by atoms with Gasteiger partial charge in [0.25, 0.3) is 5.91 Å². The number of thiophene rings is 1. The SMILES string of the molecule is Cc1cc(C(F)(F)F)nc(-c2nccc3cc(CN4C(=O)C5C(C4=O)C5(C)C)sc23)c1C(=O)N1CCN(C)C[C@@H]1C. The van der Waals surface area contributed by atoms with Crippen LogP contribution in [0.5, 0.6) is 0 Å². The number of likely N-dealkylation sites (tertiary alicyclic amines) is 1. The lowest BCUT2D eigenvalue weighted by Gasteiger charge is -2.38. The van der Waals surface area contributed by atoms with E-state index in [0.717, 1.165) is 6.07 Å². The minimum Gasteiger partial charge on any atom is -0.333 e. The van der Waals surface area contributed by atoms with Gasteiger partial charge in [0.2, 0.25) is 11.8 Å². The van der Waals surface area contributed by atoms with Crippen molar-refractivity contribution in [2.24, 2.45) is 17.3 Å². The number of likely N-dealkylation sites (N-methyl/N-ethyl adjacent to an activating group) is 1. The monoisotopic (exact) mass is 585 g/mol. The number of imide groups is 1. The number of carbonyl (C=O) groups is 3. The Labute approximate surface area is 239 Å². The van der Waals surface area contributed by atoms with Gasteiger partial charge in [-0.2, -0.15) is 13.2 Å². The van der Waals surface area contributed by atoms with Gasteiger partial charge in [-0.3, -0.25) is 24.3 Å². The zero-order valence-electron chi connectivity index (χ0n) is 23.4. The predicted molar refractivity (Wildman–Crippen MR) is 147 cm³/mol. The molecule has 5 heterocycles. The highest BCUT2D eigenvalue weighted by Crippen LogP contribution is 2.63. The molecule has 0 N–H and O–H groups in total. The maximum atomic E-state index is 13.9. The van der Waals surface area contributed by atoms with Crippen LogP contribution in [0.2, 0.25) is 0 Å². The molecule has 8 nitrogen and oxygen atoms in total. The van der Waals surface area contributed by atoms with Crippen molar-refractivity contribution in [2.75, 3.05) is 26.7 Å². The first-order chi connectivity index (χ1) is 19.2. The van der Waals surface area contributed by atoms with Crippen LogP contribution in [-0.4, -0.2) is 75.1 Å². The van der Waals surface area contributed by atoms with E-state index < -0.39 is 11.9 Å². The molecule has 41 heavy (non-hydrogen) atoms. The third-order valence-electron chi connectivity index (χ3n) is 8.73. The minimum absolute atomic E-state index is 0.0825. The fourth-order valence-electron chi connectivity index (χ4n) is 6.42. The Bertz CT molecular complexity index is 1590. The van der Waals surface area contributed by atoms with E-state index in [1.54, 1.807) is 11.0 Å². The average molecular weight is 586 g/mol. The summed E-state index contributed by atoms with van der Waals surface area (Å²) < 4.78 is 42.3. The number of fused-ring (bicyclic) bond motifs is 2. The molecular weight excluding hydrogens is 555 g/mol. The molecule has 0 aromatic carbocycles. The van der Waals surface area contributed by atoms with Crippen LogP contribution >= 0.6 is 11.3 Å². The summed E-state index contributed by atoms with van der Waals surface area (Å²) in [5.41, 5.74) is -1.11. The van der Waals surface area contributed by atoms with E-state index in [9.17, 15) is 27.6 Å². The lowest BCUT2D eigenvalue weighted by atomic mass is 10.00. The van der Waals surface area contributed by atoms with Crippen molar-refractivity contribution in [3.8, 4) is 11.4 Å². The van der Waals surface area contributed by atoms with Crippen molar-refractivity contribution < 1.29 is 27.6 Å². The summed E-state index contributed by atoms with van der Waals surface area (Å²) in [7, 11) is 1.96. The molecule has 2 unspecified atom stereocenters. The molecular formula is C29H30F3N5O3S. The number of rotatable bonds is 4. The zero-order chi connectivity index (χ0) is 29.6. The van der Waals surface area contributed by atoms with Gasteiger partial charge >= 0.3 is 6.18 Å². The maximum absolute atomic E-state index is 13.9. The quantitative estimate of drug-likeness (QED) is 0.416. The van der Waals surface area contributed by atoms with Crippen molar-refractivity contribution in [2.45, 2.75) is 46.5 Å². The number of aromatic nitrogens is 2. The summed E-state index contributed by atoms with van der Waals surface area (Å²) in [6.45, 7) is 9.05. The highest BCUT2D eigenvalue weighted by molar-refractivity contribution is 7.19. The number of hydrogen-bond acceptors (Lipinski definition) is 7. The topological polar surface area (TPSA) is 86.7 Å². The fraction of sp³-hybridized carbons (Fsp3) is 0.483. The number of aryl methyl sites for hydroxylation is 1. The van der Waals surface area contributed by atoms with E-state index >= 15 is 0 Å². The normalized spacial score (nSPS) is 24.3. The summed E-state index contributed by atoms with van der Waals surface area (Å²) >= 11 is 1.24.